The number of fused-ring (bicyclic) bond motifs is 2. The van der Waals surface area contributed by atoms with Gasteiger partial charge in [0.1, 0.15) is 5.69 Å². The van der Waals surface area contributed by atoms with Crippen LogP contribution in [0.5, 0.6) is 0 Å². The Kier molecular flexibility index (Phi) is 1.91. The fourth-order valence-corrected chi connectivity index (χ4v) is 2.49. The monoisotopic (exact) mass is 202 g/mol. The minimum absolute atomic E-state index is 0.0821. The van der Waals surface area contributed by atoms with E-state index in [0.717, 1.165) is 23.3 Å². The van der Waals surface area contributed by atoms with Gasteiger partial charge in [0, 0.05) is 24.4 Å². The van der Waals surface area contributed by atoms with Crippen LogP contribution in [-0.2, 0) is 0 Å². The van der Waals surface area contributed by atoms with Crippen molar-refractivity contribution in [2.45, 2.75) is 31.7 Å². The third kappa shape index (κ3) is 1.39. The highest BCUT2D eigenvalue weighted by molar-refractivity contribution is 5.75. The van der Waals surface area contributed by atoms with Crippen LogP contribution in [0.4, 0.5) is 0 Å². The maximum Gasteiger partial charge on any atom is 0.199 e. The minimum Gasteiger partial charge on any atom is -0.623 e. The van der Waals surface area contributed by atoms with Crippen LogP contribution >= 0.6 is 0 Å². The molecule has 2 heterocycles. The SMILES string of the molecule is [O-][N+]1=Cc2cccn2C=C2CCCCC21. The van der Waals surface area contributed by atoms with E-state index in [1.165, 1.54) is 18.4 Å². The molecule has 1 fully saturated rings. The van der Waals surface area contributed by atoms with Gasteiger partial charge < -0.3 is 9.77 Å². The highest BCUT2D eigenvalue weighted by Gasteiger charge is 2.27. The van der Waals surface area contributed by atoms with Crippen molar-refractivity contribution in [3.8, 4) is 0 Å². The first kappa shape index (κ1) is 8.77. The Labute approximate surface area is 88.9 Å². The summed E-state index contributed by atoms with van der Waals surface area (Å²) in [6.07, 6.45) is 10.3. The Morgan fingerprint density at radius 1 is 1.40 bits per heavy atom. The number of hydrogen-bond acceptors (Lipinski definition) is 1. The Morgan fingerprint density at radius 3 is 3.27 bits per heavy atom. The van der Waals surface area contributed by atoms with Gasteiger partial charge in [0.2, 0.25) is 0 Å². The summed E-state index contributed by atoms with van der Waals surface area (Å²) < 4.78 is 3.18. The van der Waals surface area contributed by atoms with Gasteiger partial charge in [-0.1, -0.05) is 0 Å². The molecule has 0 saturated heterocycles. The lowest BCUT2D eigenvalue weighted by molar-refractivity contribution is -0.488. The fraction of sp³-hybridized carbons (Fsp3) is 0.417. The molecule has 2 aliphatic rings. The minimum atomic E-state index is 0.0821. The molecular formula is C12H14N2O. The first-order valence-electron chi connectivity index (χ1n) is 5.52. The van der Waals surface area contributed by atoms with Crippen LogP contribution < -0.4 is 0 Å². The van der Waals surface area contributed by atoms with E-state index in [0.29, 0.717) is 0 Å². The molecule has 1 aliphatic heterocycles. The predicted octanol–water partition coefficient (Wildman–Crippen LogP) is 2.21. The van der Waals surface area contributed by atoms with Crippen molar-refractivity contribution < 1.29 is 4.74 Å². The predicted molar refractivity (Wildman–Crippen MR) is 59.8 cm³/mol. The zero-order chi connectivity index (χ0) is 10.3. The Balaban J connectivity index is 2.12. The van der Waals surface area contributed by atoms with Crippen LogP contribution in [0.1, 0.15) is 31.4 Å². The average molecular weight is 202 g/mol. The van der Waals surface area contributed by atoms with E-state index in [1.54, 1.807) is 6.21 Å². The highest BCUT2D eigenvalue weighted by Crippen LogP contribution is 2.28. The maximum atomic E-state index is 11.9. The molecule has 3 heteroatoms. The van der Waals surface area contributed by atoms with Crippen molar-refractivity contribution in [1.29, 1.82) is 0 Å². The van der Waals surface area contributed by atoms with Crippen LogP contribution in [0, 0.1) is 5.21 Å². The van der Waals surface area contributed by atoms with Crippen LogP contribution in [-0.4, -0.2) is 21.6 Å². The molecule has 0 bridgehead atoms. The van der Waals surface area contributed by atoms with Gasteiger partial charge in [-0.2, -0.15) is 0 Å². The molecule has 78 valence electrons. The summed E-state index contributed by atoms with van der Waals surface area (Å²) in [6, 6.07) is 4.03. The molecule has 1 aromatic rings. The fourth-order valence-electron chi connectivity index (χ4n) is 2.49. The standard InChI is InChI=1S/C12H14N2O/c15-14-9-11-5-3-7-13(11)8-10-4-1-2-6-12(10)14/h3,5,7-9,12H,1-2,4,6H2. The van der Waals surface area contributed by atoms with Crippen LogP contribution in [0.25, 0.3) is 6.20 Å². The van der Waals surface area contributed by atoms with Crippen LogP contribution in [0.2, 0.25) is 0 Å². The molecule has 0 amide bonds. The molecule has 0 radical (unpaired) electrons. The Morgan fingerprint density at radius 2 is 2.33 bits per heavy atom. The van der Waals surface area contributed by atoms with Crippen molar-refractivity contribution in [2.24, 2.45) is 0 Å². The quantitative estimate of drug-likeness (QED) is 0.468. The molecule has 1 saturated carbocycles. The molecule has 1 unspecified atom stereocenters. The molecule has 0 spiro atoms. The summed E-state index contributed by atoms with van der Waals surface area (Å²) in [6.45, 7) is 0. The lowest BCUT2D eigenvalue weighted by atomic mass is 9.91. The molecule has 1 atom stereocenters. The first-order valence-corrected chi connectivity index (χ1v) is 5.52. The zero-order valence-electron chi connectivity index (χ0n) is 8.60. The van der Waals surface area contributed by atoms with Crippen LogP contribution in [0.15, 0.2) is 23.9 Å². The lowest BCUT2D eigenvalue weighted by Crippen LogP contribution is -2.26. The normalized spacial score (nSPS) is 24.7. The summed E-state index contributed by atoms with van der Waals surface area (Å²) >= 11 is 0. The van der Waals surface area contributed by atoms with E-state index in [2.05, 4.69) is 6.20 Å². The molecular weight excluding hydrogens is 188 g/mol. The van der Waals surface area contributed by atoms with Crippen molar-refractivity contribution >= 4 is 12.4 Å². The van der Waals surface area contributed by atoms with Crippen LogP contribution in [0.3, 0.4) is 0 Å². The van der Waals surface area contributed by atoms with Crippen molar-refractivity contribution in [1.82, 2.24) is 4.57 Å². The molecule has 0 N–H and O–H groups in total. The van der Waals surface area contributed by atoms with E-state index in [-0.39, 0.29) is 6.04 Å². The number of aromatic nitrogens is 1. The van der Waals surface area contributed by atoms with E-state index in [9.17, 15) is 5.21 Å². The largest absolute Gasteiger partial charge is 0.623 e. The van der Waals surface area contributed by atoms with Crippen molar-refractivity contribution in [2.75, 3.05) is 0 Å². The second-order valence-electron chi connectivity index (χ2n) is 4.29. The van der Waals surface area contributed by atoms with E-state index in [1.807, 2.05) is 22.9 Å². The van der Waals surface area contributed by atoms with Gasteiger partial charge in [-0.25, -0.2) is 4.74 Å². The Hall–Kier alpha value is -1.51. The summed E-state index contributed by atoms with van der Waals surface area (Å²) in [5.74, 6) is 0. The molecule has 3 nitrogen and oxygen atoms in total. The molecule has 1 aromatic heterocycles. The third-order valence-electron chi connectivity index (χ3n) is 3.30. The third-order valence-corrected chi connectivity index (χ3v) is 3.30. The lowest BCUT2D eigenvalue weighted by Gasteiger charge is -2.22. The average Bonchev–Trinajstić information content (AvgIpc) is 2.61. The molecule has 1 aliphatic carbocycles. The van der Waals surface area contributed by atoms with Gasteiger partial charge in [0.05, 0.1) is 0 Å². The number of hydrogen-bond donors (Lipinski definition) is 0. The van der Waals surface area contributed by atoms with Gasteiger partial charge in [-0.05, 0) is 31.4 Å². The van der Waals surface area contributed by atoms with Gasteiger partial charge >= 0.3 is 0 Å². The smallest absolute Gasteiger partial charge is 0.199 e. The second kappa shape index (κ2) is 3.26. The van der Waals surface area contributed by atoms with Gasteiger partial charge in [0.15, 0.2) is 12.3 Å². The maximum absolute atomic E-state index is 11.9. The summed E-state index contributed by atoms with van der Waals surface area (Å²) in [5.41, 5.74) is 2.26. The van der Waals surface area contributed by atoms with E-state index < -0.39 is 0 Å². The number of nitrogens with zero attached hydrogens (tertiary/aromatic N) is 2. The second-order valence-corrected chi connectivity index (χ2v) is 4.29. The van der Waals surface area contributed by atoms with E-state index >= 15 is 0 Å². The van der Waals surface area contributed by atoms with E-state index in [4.69, 9.17) is 0 Å². The van der Waals surface area contributed by atoms with Gasteiger partial charge in [-0.15, -0.1) is 0 Å². The molecule has 15 heavy (non-hydrogen) atoms. The molecule has 3 rings (SSSR count). The number of hydroxylamine groups is 1. The number of rotatable bonds is 0. The topological polar surface area (TPSA) is 31.0 Å². The first-order chi connectivity index (χ1) is 7.34. The van der Waals surface area contributed by atoms with Gasteiger partial charge in [-0.3, -0.25) is 0 Å². The van der Waals surface area contributed by atoms with Gasteiger partial charge in [0.25, 0.3) is 0 Å². The highest BCUT2D eigenvalue weighted by atomic mass is 16.5. The zero-order valence-corrected chi connectivity index (χ0v) is 8.60. The summed E-state index contributed by atoms with van der Waals surface area (Å²) in [5, 5.41) is 11.9. The van der Waals surface area contributed by atoms with Crippen molar-refractivity contribution in [3.63, 3.8) is 0 Å². The van der Waals surface area contributed by atoms with Crippen molar-refractivity contribution in [3.05, 3.63) is 34.8 Å². The summed E-state index contributed by atoms with van der Waals surface area (Å²) in [4.78, 5) is 0. The Bertz CT molecular complexity index is 442. The molecule has 0 aromatic carbocycles. The summed E-state index contributed by atoms with van der Waals surface area (Å²) in [7, 11) is 0.